The minimum absolute atomic E-state index is 0.00224. The van der Waals surface area contributed by atoms with Crippen molar-refractivity contribution in [1.29, 1.82) is 0 Å². The van der Waals surface area contributed by atoms with Gasteiger partial charge in [-0.25, -0.2) is 4.79 Å². The van der Waals surface area contributed by atoms with Crippen molar-refractivity contribution in [2.75, 3.05) is 6.61 Å². The van der Waals surface area contributed by atoms with Gasteiger partial charge in [-0.05, 0) is 35.1 Å². The lowest BCUT2D eigenvalue weighted by molar-refractivity contribution is -0.277. The third-order valence-electron chi connectivity index (χ3n) is 5.64. The highest BCUT2D eigenvalue weighted by atomic mass is 16.7. The maximum atomic E-state index is 12.7. The molecule has 0 amide bonds. The number of rotatable bonds is 7. The van der Waals surface area contributed by atoms with E-state index < -0.39 is 43.5 Å². The quantitative estimate of drug-likeness (QED) is 0.351. The van der Waals surface area contributed by atoms with Crippen LogP contribution in [-0.2, 0) is 4.74 Å². The largest absolute Gasteiger partial charge is 0.519 e. The molecule has 0 unspecified atom stereocenters. The van der Waals surface area contributed by atoms with Crippen LogP contribution < -0.4 is 14.2 Å². The van der Waals surface area contributed by atoms with Crippen LogP contribution in [0, 0.1) is 0 Å². The normalized spacial score (nSPS) is 24.8. The summed E-state index contributed by atoms with van der Waals surface area (Å²) >= 11 is 0. The lowest BCUT2D eigenvalue weighted by Gasteiger charge is -2.39. The molecule has 186 valence electrons. The number of hydrogen-bond acceptors (Lipinski definition) is 9. The van der Waals surface area contributed by atoms with E-state index in [4.69, 9.17) is 18.9 Å². The monoisotopic (exact) mass is 476 g/mol. The zero-order valence-corrected chi connectivity index (χ0v) is 19.6. The Kier molecular flexibility index (Phi) is 8.51. The Bertz CT molecular complexity index is 946. The Balaban J connectivity index is 1.79. The Labute approximate surface area is 198 Å². The van der Waals surface area contributed by atoms with Gasteiger partial charge in [0.1, 0.15) is 30.2 Å². The molecule has 1 aliphatic heterocycles. The third-order valence-corrected chi connectivity index (χ3v) is 5.64. The number of benzene rings is 2. The number of aliphatic hydroxyl groups is 4. The van der Waals surface area contributed by atoms with E-state index in [1.807, 2.05) is 45.9 Å². The van der Waals surface area contributed by atoms with Gasteiger partial charge in [0.25, 0.3) is 0 Å². The van der Waals surface area contributed by atoms with Gasteiger partial charge in [-0.2, -0.15) is 0 Å². The number of carbonyl (C=O) groups is 1. The second-order valence-electron chi connectivity index (χ2n) is 8.79. The van der Waals surface area contributed by atoms with Crippen LogP contribution >= 0.6 is 0 Å². The average Bonchev–Trinajstić information content (AvgIpc) is 2.80. The molecule has 2 aromatic rings. The van der Waals surface area contributed by atoms with Crippen molar-refractivity contribution in [2.24, 2.45) is 0 Å². The van der Waals surface area contributed by atoms with Crippen LogP contribution in [0.25, 0.3) is 0 Å². The molecule has 34 heavy (non-hydrogen) atoms. The van der Waals surface area contributed by atoms with Crippen LogP contribution in [0.15, 0.2) is 42.5 Å². The first kappa shape index (κ1) is 25.9. The van der Waals surface area contributed by atoms with Gasteiger partial charge in [-0.1, -0.05) is 58.0 Å². The second kappa shape index (κ2) is 11.2. The molecule has 1 fully saturated rings. The zero-order chi connectivity index (χ0) is 25.0. The molecule has 9 nitrogen and oxygen atoms in total. The van der Waals surface area contributed by atoms with E-state index in [9.17, 15) is 25.2 Å². The summed E-state index contributed by atoms with van der Waals surface area (Å²) in [6.45, 7) is 7.41. The van der Waals surface area contributed by atoms with Gasteiger partial charge >= 0.3 is 6.16 Å². The maximum Gasteiger partial charge on any atom is 0.519 e. The molecule has 0 aliphatic carbocycles. The van der Waals surface area contributed by atoms with Gasteiger partial charge in [-0.3, -0.25) is 0 Å². The molecule has 0 bridgehead atoms. The maximum absolute atomic E-state index is 12.7. The van der Waals surface area contributed by atoms with Crippen LogP contribution in [0.1, 0.15) is 50.7 Å². The molecule has 3 rings (SSSR count). The van der Waals surface area contributed by atoms with Crippen LogP contribution in [0.4, 0.5) is 4.79 Å². The van der Waals surface area contributed by atoms with Gasteiger partial charge in [0.15, 0.2) is 11.5 Å². The Hall–Kier alpha value is -2.69. The summed E-state index contributed by atoms with van der Waals surface area (Å²) in [6, 6.07) is 11.9. The van der Waals surface area contributed by atoms with Crippen LogP contribution in [0.3, 0.4) is 0 Å². The molecule has 5 atom stereocenters. The number of ether oxygens (including phenoxy) is 4. The van der Waals surface area contributed by atoms with Gasteiger partial charge < -0.3 is 39.4 Å². The van der Waals surface area contributed by atoms with Crippen molar-refractivity contribution in [3.8, 4) is 17.2 Å². The van der Waals surface area contributed by atoms with Crippen molar-refractivity contribution in [1.82, 2.24) is 0 Å². The molecule has 0 spiro atoms. The highest BCUT2D eigenvalue weighted by molar-refractivity contribution is 5.70. The summed E-state index contributed by atoms with van der Waals surface area (Å²) in [4.78, 5) is 12.7. The smallest absolute Gasteiger partial charge is 0.458 e. The van der Waals surface area contributed by atoms with Crippen molar-refractivity contribution < 1.29 is 44.2 Å². The van der Waals surface area contributed by atoms with E-state index in [1.54, 1.807) is 12.1 Å². The van der Waals surface area contributed by atoms with Crippen LogP contribution in [0.5, 0.6) is 17.2 Å². The second-order valence-corrected chi connectivity index (χ2v) is 8.79. The standard InChI is InChI=1S/C25H32O9/c1-13(2)15-8-7-9-16(14(3)4)23(15)34-25(30)33-18-11-6-5-10-17(18)31-24-22(29)21(28)20(27)19(12-26)32-24/h5-11,13-14,19-22,24,26-29H,12H2,1-4H3/t19-,20-,21+,22+,24+/m1/s1. The van der Waals surface area contributed by atoms with Crippen molar-refractivity contribution in [3.63, 3.8) is 0 Å². The molecule has 2 aromatic carbocycles. The topological polar surface area (TPSA) is 135 Å². The summed E-state index contributed by atoms with van der Waals surface area (Å²) in [5.74, 6) is 0.707. The predicted octanol–water partition coefficient (Wildman–Crippen LogP) is 2.69. The highest BCUT2D eigenvalue weighted by Gasteiger charge is 2.45. The average molecular weight is 477 g/mol. The van der Waals surface area contributed by atoms with Gasteiger partial charge in [-0.15, -0.1) is 0 Å². The van der Waals surface area contributed by atoms with Gasteiger partial charge in [0.05, 0.1) is 6.61 Å². The first-order valence-corrected chi connectivity index (χ1v) is 11.2. The SMILES string of the molecule is CC(C)c1cccc(C(C)C)c1OC(=O)Oc1ccccc1O[C@H]1O[C@H](CO)[C@@H](O)[C@H](O)[C@@H]1O. The fourth-order valence-corrected chi connectivity index (χ4v) is 3.72. The van der Waals surface area contributed by atoms with E-state index in [0.29, 0.717) is 5.75 Å². The number of para-hydroxylation sites is 3. The fourth-order valence-electron chi connectivity index (χ4n) is 3.72. The molecule has 1 aliphatic rings. The van der Waals surface area contributed by atoms with E-state index in [-0.39, 0.29) is 23.3 Å². The molecule has 4 N–H and O–H groups in total. The molecule has 1 saturated heterocycles. The van der Waals surface area contributed by atoms with Crippen LogP contribution in [0.2, 0.25) is 0 Å². The van der Waals surface area contributed by atoms with E-state index >= 15 is 0 Å². The summed E-state index contributed by atoms with van der Waals surface area (Å²) < 4.78 is 22.1. The number of aliphatic hydroxyl groups excluding tert-OH is 4. The van der Waals surface area contributed by atoms with E-state index in [1.165, 1.54) is 12.1 Å². The molecule has 0 aromatic heterocycles. The molecule has 0 saturated carbocycles. The molecular weight excluding hydrogens is 444 g/mol. The van der Waals surface area contributed by atoms with E-state index in [2.05, 4.69) is 0 Å². The Morgan fingerprint density at radius 2 is 1.44 bits per heavy atom. The summed E-state index contributed by atoms with van der Waals surface area (Å²) in [5, 5.41) is 39.5. The number of carbonyl (C=O) groups excluding carboxylic acids is 1. The summed E-state index contributed by atoms with van der Waals surface area (Å²) in [5.41, 5.74) is 1.74. The predicted molar refractivity (Wildman–Crippen MR) is 122 cm³/mol. The van der Waals surface area contributed by atoms with Gasteiger partial charge in [0.2, 0.25) is 6.29 Å². The minimum atomic E-state index is -1.61. The van der Waals surface area contributed by atoms with Crippen molar-refractivity contribution in [3.05, 3.63) is 53.6 Å². The third kappa shape index (κ3) is 5.68. The Morgan fingerprint density at radius 1 is 0.853 bits per heavy atom. The van der Waals surface area contributed by atoms with E-state index in [0.717, 1.165) is 11.1 Å². The van der Waals surface area contributed by atoms with Crippen molar-refractivity contribution in [2.45, 2.75) is 70.2 Å². The lowest BCUT2D eigenvalue weighted by Crippen LogP contribution is -2.60. The highest BCUT2D eigenvalue weighted by Crippen LogP contribution is 2.36. The molecule has 0 radical (unpaired) electrons. The summed E-state index contributed by atoms with van der Waals surface area (Å²) in [7, 11) is 0. The number of hydrogen-bond donors (Lipinski definition) is 4. The minimum Gasteiger partial charge on any atom is -0.458 e. The molecular formula is C25H32O9. The zero-order valence-electron chi connectivity index (χ0n) is 19.6. The van der Waals surface area contributed by atoms with Crippen molar-refractivity contribution >= 4 is 6.16 Å². The first-order valence-electron chi connectivity index (χ1n) is 11.2. The lowest BCUT2D eigenvalue weighted by atomic mass is 9.94. The molecule has 1 heterocycles. The Morgan fingerprint density at radius 3 is 2.00 bits per heavy atom. The summed E-state index contributed by atoms with van der Waals surface area (Å²) in [6.07, 6.45) is -8.26. The van der Waals surface area contributed by atoms with Crippen LogP contribution in [-0.4, -0.2) is 63.9 Å². The fraction of sp³-hybridized carbons (Fsp3) is 0.480. The molecule has 9 heteroatoms. The van der Waals surface area contributed by atoms with Gasteiger partial charge in [0, 0.05) is 0 Å². The first-order chi connectivity index (χ1) is 16.1.